The largest absolute Gasteiger partial charge is 0.504 e. The summed E-state index contributed by atoms with van der Waals surface area (Å²) in [6, 6.07) is 14.1. The number of benzene rings is 2. The summed E-state index contributed by atoms with van der Waals surface area (Å²) in [5.74, 6) is 0.312. The summed E-state index contributed by atoms with van der Waals surface area (Å²) >= 11 is 5.93. The molecule has 0 aliphatic carbocycles. The number of halogens is 1. The summed E-state index contributed by atoms with van der Waals surface area (Å²) < 4.78 is 5.53. The summed E-state index contributed by atoms with van der Waals surface area (Å²) in [7, 11) is 0. The molecule has 19 heavy (non-hydrogen) atoms. The first-order valence-electron chi connectivity index (χ1n) is 5.98. The number of phenols is 1. The van der Waals surface area contributed by atoms with Crippen LogP contribution >= 0.6 is 11.6 Å². The Balaban J connectivity index is 2.06. The zero-order chi connectivity index (χ0) is 13.7. The van der Waals surface area contributed by atoms with Crippen LogP contribution in [0.5, 0.6) is 11.5 Å². The normalized spacial score (nSPS) is 12.1. The third-order valence-electron chi connectivity index (χ3n) is 2.85. The monoisotopic (exact) mass is 278 g/mol. The van der Waals surface area contributed by atoms with E-state index in [1.807, 2.05) is 12.1 Å². The lowest BCUT2D eigenvalue weighted by Crippen LogP contribution is -2.14. The number of aliphatic hydroxyl groups is 1. The predicted molar refractivity (Wildman–Crippen MR) is 74.9 cm³/mol. The summed E-state index contributed by atoms with van der Waals surface area (Å²) in [4.78, 5) is 0. The Hall–Kier alpha value is -1.71. The molecule has 0 aliphatic rings. The van der Waals surface area contributed by atoms with E-state index < -0.39 is 0 Å². The number of para-hydroxylation sites is 2. The number of phenolic OH excluding ortho intramolecular Hbond substituents is 1. The maximum Gasteiger partial charge on any atom is 0.160 e. The Morgan fingerprint density at radius 3 is 2.58 bits per heavy atom. The minimum atomic E-state index is -0.182. The molecule has 4 heteroatoms. The van der Waals surface area contributed by atoms with Crippen molar-refractivity contribution in [2.45, 2.75) is 5.92 Å². The van der Waals surface area contributed by atoms with E-state index in [9.17, 15) is 10.2 Å². The van der Waals surface area contributed by atoms with Crippen molar-refractivity contribution in [3.63, 3.8) is 0 Å². The first-order chi connectivity index (χ1) is 9.20. The number of aliphatic hydroxyl groups excluding tert-OH is 1. The average molecular weight is 279 g/mol. The van der Waals surface area contributed by atoms with Gasteiger partial charge >= 0.3 is 0 Å². The zero-order valence-corrected chi connectivity index (χ0v) is 11.0. The Morgan fingerprint density at radius 2 is 1.89 bits per heavy atom. The second-order valence-corrected chi connectivity index (χ2v) is 4.65. The molecule has 0 heterocycles. The van der Waals surface area contributed by atoms with Gasteiger partial charge in [-0.05, 0) is 29.8 Å². The molecule has 3 nitrogen and oxygen atoms in total. The van der Waals surface area contributed by atoms with Crippen LogP contribution < -0.4 is 4.74 Å². The summed E-state index contributed by atoms with van der Waals surface area (Å²) in [6.45, 7) is 0.225. The van der Waals surface area contributed by atoms with Crippen LogP contribution in [0.3, 0.4) is 0 Å². The molecule has 1 unspecified atom stereocenters. The van der Waals surface area contributed by atoms with Crippen LogP contribution in [-0.2, 0) is 0 Å². The van der Waals surface area contributed by atoms with E-state index >= 15 is 0 Å². The molecular weight excluding hydrogens is 264 g/mol. The second-order valence-electron chi connectivity index (χ2n) is 4.21. The molecule has 0 amide bonds. The molecule has 1 atom stereocenters. The fraction of sp³-hybridized carbons (Fsp3) is 0.200. The van der Waals surface area contributed by atoms with Crippen molar-refractivity contribution in [2.24, 2.45) is 0 Å². The van der Waals surface area contributed by atoms with Crippen molar-refractivity contribution in [3.05, 3.63) is 59.1 Å². The van der Waals surface area contributed by atoms with E-state index in [-0.39, 0.29) is 24.9 Å². The third-order valence-corrected chi connectivity index (χ3v) is 3.08. The van der Waals surface area contributed by atoms with Crippen molar-refractivity contribution < 1.29 is 14.9 Å². The first kappa shape index (κ1) is 13.7. The second kappa shape index (κ2) is 6.45. The van der Waals surface area contributed by atoms with Gasteiger partial charge in [-0.2, -0.15) is 0 Å². The van der Waals surface area contributed by atoms with Crippen molar-refractivity contribution in [2.75, 3.05) is 13.2 Å². The van der Waals surface area contributed by atoms with E-state index in [1.54, 1.807) is 36.4 Å². The van der Waals surface area contributed by atoms with E-state index in [4.69, 9.17) is 16.3 Å². The minimum Gasteiger partial charge on any atom is -0.504 e. The lowest BCUT2D eigenvalue weighted by Gasteiger charge is -2.16. The molecule has 0 fully saturated rings. The van der Waals surface area contributed by atoms with Crippen LogP contribution in [0.1, 0.15) is 11.5 Å². The van der Waals surface area contributed by atoms with E-state index in [0.29, 0.717) is 10.8 Å². The lowest BCUT2D eigenvalue weighted by atomic mass is 10.0. The first-order valence-corrected chi connectivity index (χ1v) is 6.35. The molecule has 0 radical (unpaired) electrons. The van der Waals surface area contributed by atoms with E-state index in [0.717, 1.165) is 5.56 Å². The molecule has 0 spiro atoms. The van der Waals surface area contributed by atoms with Gasteiger partial charge in [0.25, 0.3) is 0 Å². The molecule has 0 saturated heterocycles. The van der Waals surface area contributed by atoms with Gasteiger partial charge in [0.2, 0.25) is 0 Å². The highest BCUT2D eigenvalue weighted by molar-refractivity contribution is 6.30. The predicted octanol–water partition coefficient (Wildman–Crippen LogP) is 3.20. The lowest BCUT2D eigenvalue weighted by molar-refractivity contribution is 0.201. The molecule has 0 saturated carbocycles. The van der Waals surface area contributed by atoms with Crippen LogP contribution in [-0.4, -0.2) is 23.4 Å². The number of hydrogen-bond acceptors (Lipinski definition) is 3. The maximum absolute atomic E-state index is 9.60. The van der Waals surface area contributed by atoms with Crippen LogP contribution in [0, 0.1) is 0 Å². The van der Waals surface area contributed by atoms with Crippen LogP contribution in [0.25, 0.3) is 0 Å². The van der Waals surface area contributed by atoms with Gasteiger partial charge in [-0.15, -0.1) is 0 Å². The SMILES string of the molecule is OCC(COc1ccccc1O)c1cccc(Cl)c1. The van der Waals surface area contributed by atoms with E-state index in [1.165, 1.54) is 0 Å². The number of aromatic hydroxyl groups is 1. The van der Waals surface area contributed by atoms with Crippen molar-refractivity contribution in [1.82, 2.24) is 0 Å². The molecule has 2 aromatic rings. The van der Waals surface area contributed by atoms with Crippen molar-refractivity contribution in [3.8, 4) is 11.5 Å². The van der Waals surface area contributed by atoms with Crippen molar-refractivity contribution in [1.29, 1.82) is 0 Å². The average Bonchev–Trinajstić information content (AvgIpc) is 2.41. The number of rotatable bonds is 5. The minimum absolute atomic E-state index is 0.0477. The quantitative estimate of drug-likeness (QED) is 0.883. The Kier molecular flexibility index (Phi) is 4.66. The van der Waals surface area contributed by atoms with Crippen LogP contribution in [0.2, 0.25) is 5.02 Å². The standard InChI is InChI=1S/C15H15ClO3/c16-13-5-3-4-11(8-13)12(9-17)10-19-15-7-2-1-6-14(15)18/h1-8,12,17-18H,9-10H2. The van der Waals surface area contributed by atoms with Gasteiger partial charge in [-0.3, -0.25) is 0 Å². The molecule has 0 bridgehead atoms. The Morgan fingerprint density at radius 1 is 1.11 bits per heavy atom. The molecule has 2 N–H and O–H groups in total. The topological polar surface area (TPSA) is 49.7 Å². The van der Waals surface area contributed by atoms with Crippen LogP contribution in [0.4, 0.5) is 0 Å². The van der Waals surface area contributed by atoms with E-state index in [2.05, 4.69) is 0 Å². The summed E-state index contributed by atoms with van der Waals surface area (Å²) in [5, 5.41) is 19.7. The third kappa shape index (κ3) is 3.63. The van der Waals surface area contributed by atoms with Gasteiger partial charge in [0, 0.05) is 10.9 Å². The van der Waals surface area contributed by atoms with Gasteiger partial charge in [0.05, 0.1) is 13.2 Å². The fourth-order valence-corrected chi connectivity index (χ4v) is 1.98. The van der Waals surface area contributed by atoms with Gasteiger partial charge in [-0.25, -0.2) is 0 Å². The molecule has 2 rings (SSSR count). The highest BCUT2D eigenvalue weighted by Crippen LogP contribution is 2.26. The van der Waals surface area contributed by atoms with Crippen LogP contribution in [0.15, 0.2) is 48.5 Å². The highest BCUT2D eigenvalue weighted by atomic mass is 35.5. The molecular formula is C15H15ClO3. The Labute approximate surface area is 117 Å². The highest BCUT2D eigenvalue weighted by Gasteiger charge is 2.13. The Bertz CT molecular complexity index is 542. The molecule has 0 aromatic heterocycles. The molecule has 2 aromatic carbocycles. The van der Waals surface area contributed by atoms with Crippen molar-refractivity contribution >= 4 is 11.6 Å². The summed E-state index contributed by atoms with van der Waals surface area (Å²) in [6.07, 6.45) is 0. The number of hydrogen-bond donors (Lipinski definition) is 2. The molecule has 100 valence electrons. The van der Waals surface area contributed by atoms with Gasteiger partial charge in [-0.1, -0.05) is 35.9 Å². The van der Waals surface area contributed by atoms with Gasteiger partial charge in [0.1, 0.15) is 0 Å². The summed E-state index contributed by atoms with van der Waals surface area (Å²) in [5.41, 5.74) is 0.908. The smallest absolute Gasteiger partial charge is 0.160 e. The van der Waals surface area contributed by atoms with Gasteiger partial charge < -0.3 is 14.9 Å². The zero-order valence-electron chi connectivity index (χ0n) is 10.3. The van der Waals surface area contributed by atoms with Gasteiger partial charge in [0.15, 0.2) is 11.5 Å². The maximum atomic E-state index is 9.60. The fourth-order valence-electron chi connectivity index (χ4n) is 1.78. The number of ether oxygens (including phenoxy) is 1. The molecule has 0 aliphatic heterocycles.